The van der Waals surface area contributed by atoms with Crippen LogP contribution in [0.3, 0.4) is 0 Å². The molecule has 1 amide bonds. The van der Waals surface area contributed by atoms with Crippen molar-refractivity contribution in [3.63, 3.8) is 0 Å². The topological polar surface area (TPSA) is 107 Å². The van der Waals surface area contributed by atoms with E-state index in [0.717, 1.165) is 28.9 Å². The normalized spacial score (nSPS) is 11.1. The maximum atomic E-state index is 13.4. The number of hydrogen-bond acceptors (Lipinski definition) is 6. The number of hydrogen-bond donors (Lipinski definition) is 1. The van der Waals surface area contributed by atoms with Gasteiger partial charge in [-0.15, -0.1) is 0 Å². The highest BCUT2D eigenvalue weighted by Gasteiger charge is 2.21. The van der Waals surface area contributed by atoms with E-state index >= 15 is 0 Å². The number of ether oxygens (including phenoxy) is 1. The second-order valence-electron chi connectivity index (χ2n) is 5.91. The highest BCUT2D eigenvalue weighted by molar-refractivity contribution is 7.91. The molecule has 0 fully saturated rings. The van der Waals surface area contributed by atoms with Crippen LogP contribution < -0.4 is 15.6 Å². The third kappa shape index (κ3) is 4.66. The fourth-order valence-corrected chi connectivity index (χ4v) is 3.70. The van der Waals surface area contributed by atoms with Crippen LogP contribution in [-0.2, 0) is 21.2 Å². The molecular formula is C19H16FN3O5S. The van der Waals surface area contributed by atoms with Crippen molar-refractivity contribution in [2.45, 2.75) is 16.5 Å². The molecule has 0 bridgehead atoms. The molecule has 29 heavy (non-hydrogen) atoms. The minimum absolute atomic E-state index is 0.309. The van der Waals surface area contributed by atoms with E-state index in [1.165, 1.54) is 19.2 Å². The summed E-state index contributed by atoms with van der Waals surface area (Å²) in [5.41, 5.74) is -0.227. The smallest absolute Gasteiger partial charge is 0.267 e. The fraction of sp³-hybridized carbons (Fsp3) is 0.105. The van der Waals surface area contributed by atoms with Crippen LogP contribution in [0, 0.1) is 5.82 Å². The van der Waals surface area contributed by atoms with Crippen molar-refractivity contribution in [3.05, 3.63) is 76.8 Å². The third-order valence-electron chi connectivity index (χ3n) is 3.87. The molecule has 0 spiro atoms. The average Bonchev–Trinajstić information content (AvgIpc) is 2.69. The Labute approximate surface area is 165 Å². The zero-order valence-corrected chi connectivity index (χ0v) is 16.0. The molecule has 0 saturated heterocycles. The largest absolute Gasteiger partial charge is 0.497 e. The monoisotopic (exact) mass is 417 g/mol. The van der Waals surface area contributed by atoms with Crippen molar-refractivity contribution in [2.75, 3.05) is 12.4 Å². The maximum Gasteiger partial charge on any atom is 0.267 e. The summed E-state index contributed by atoms with van der Waals surface area (Å²) in [7, 11) is -2.68. The molecule has 0 saturated carbocycles. The summed E-state index contributed by atoms with van der Waals surface area (Å²) in [6, 6.07) is 13.0. The van der Waals surface area contributed by atoms with Gasteiger partial charge < -0.3 is 10.1 Å². The number of methoxy groups -OCH3 is 1. The van der Waals surface area contributed by atoms with E-state index in [1.54, 1.807) is 24.3 Å². The highest BCUT2D eigenvalue weighted by Crippen LogP contribution is 2.19. The van der Waals surface area contributed by atoms with Crippen molar-refractivity contribution in [1.29, 1.82) is 0 Å². The SMILES string of the molecule is COc1cccc(NC(=O)Cn2nc(S(=O)(=O)c3cccc(F)c3)ccc2=O)c1. The van der Waals surface area contributed by atoms with E-state index in [2.05, 4.69) is 10.4 Å². The standard InChI is InChI=1S/C19H16FN3O5S/c1-28-15-6-3-5-14(11-15)21-17(24)12-23-19(25)9-8-18(22-23)29(26,27)16-7-2-4-13(20)10-16/h2-11H,12H2,1H3,(H,21,24). The van der Waals surface area contributed by atoms with Gasteiger partial charge in [0, 0.05) is 17.8 Å². The molecule has 2 aromatic carbocycles. The number of amides is 1. The molecule has 1 heterocycles. The summed E-state index contributed by atoms with van der Waals surface area (Å²) >= 11 is 0. The van der Waals surface area contributed by atoms with Gasteiger partial charge >= 0.3 is 0 Å². The first kappa shape index (κ1) is 20.2. The van der Waals surface area contributed by atoms with Crippen molar-refractivity contribution in [2.24, 2.45) is 0 Å². The number of sulfone groups is 1. The molecule has 0 aliphatic heterocycles. The van der Waals surface area contributed by atoms with Crippen LogP contribution in [0.25, 0.3) is 0 Å². The summed E-state index contributed by atoms with van der Waals surface area (Å²) < 4.78 is 44.5. The van der Waals surface area contributed by atoms with Crippen LogP contribution >= 0.6 is 0 Å². The lowest BCUT2D eigenvalue weighted by Gasteiger charge is -2.09. The van der Waals surface area contributed by atoms with Crippen LogP contribution in [0.5, 0.6) is 5.75 Å². The molecule has 0 aliphatic rings. The molecule has 8 nitrogen and oxygen atoms in total. The Morgan fingerprint density at radius 2 is 1.90 bits per heavy atom. The number of nitrogens with one attached hydrogen (secondary N) is 1. The van der Waals surface area contributed by atoms with Crippen molar-refractivity contribution >= 4 is 21.4 Å². The van der Waals surface area contributed by atoms with Gasteiger partial charge in [0.2, 0.25) is 15.7 Å². The second kappa shape index (κ2) is 8.23. The lowest BCUT2D eigenvalue weighted by Crippen LogP contribution is -2.30. The molecule has 3 rings (SSSR count). The number of nitrogens with zero attached hydrogens (tertiary/aromatic N) is 2. The summed E-state index contributed by atoms with van der Waals surface area (Å²) in [5.74, 6) is -0.786. The van der Waals surface area contributed by atoms with E-state index in [0.29, 0.717) is 11.4 Å². The molecule has 0 unspecified atom stereocenters. The minimum atomic E-state index is -4.16. The molecule has 1 N–H and O–H groups in total. The Hall–Kier alpha value is -3.53. The van der Waals surface area contributed by atoms with Gasteiger partial charge in [-0.05, 0) is 36.4 Å². The first-order valence-corrected chi connectivity index (χ1v) is 9.80. The van der Waals surface area contributed by atoms with Gasteiger partial charge in [-0.25, -0.2) is 17.5 Å². The Balaban J connectivity index is 1.85. The number of halogens is 1. The predicted molar refractivity (Wildman–Crippen MR) is 102 cm³/mol. The van der Waals surface area contributed by atoms with Gasteiger partial charge in [0.1, 0.15) is 18.1 Å². The first-order valence-electron chi connectivity index (χ1n) is 8.32. The molecule has 0 atom stereocenters. The molecule has 0 radical (unpaired) electrons. The lowest BCUT2D eigenvalue weighted by atomic mass is 10.3. The van der Waals surface area contributed by atoms with Crippen molar-refractivity contribution in [3.8, 4) is 5.75 Å². The first-order chi connectivity index (χ1) is 13.8. The van der Waals surface area contributed by atoms with Crippen LogP contribution in [0.4, 0.5) is 10.1 Å². The van der Waals surface area contributed by atoms with Gasteiger partial charge in [0.05, 0.1) is 12.0 Å². The summed E-state index contributed by atoms with van der Waals surface area (Å²) in [6.07, 6.45) is 0. The van der Waals surface area contributed by atoms with Crippen LogP contribution in [0.15, 0.2) is 75.4 Å². The van der Waals surface area contributed by atoms with Crippen molar-refractivity contribution in [1.82, 2.24) is 9.78 Å². The van der Waals surface area contributed by atoms with Gasteiger partial charge in [0.15, 0.2) is 5.03 Å². The van der Waals surface area contributed by atoms with E-state index in [-0.39, 0.29) is 4.90 Å². The molecule has 150 valence electrons. The van der Waals surface area contributed by atoms with Crippen molar-refractivity contribution < 1.29 is 22.3 Å². The third-order valence-corrected chi connectivity index (χ3v) is 5.51. The summed E-state index contributed by atoms with van der Waals surface area (Å²) in [4.78, 5) is 24.0. The Morgan fingerprint density at radius 1 is 1.14 bits per heavy atom. The number of rotatable bonds is 6. The van der Waals surface area contributed by atoms with E-state index in [9.17, 15) is 22.4 Å². The van der Waals surface area contributed by atoms with E-state index in [1.807, 2.05) is 0 Å². The second-order valence-corrected chi connectivity index (χ2v) is 7.80. The van der Waals surface area contributed by atoms with Crippen LogP contribution in [0.1, 0.15) is 0 Å². The summed E-state index contributed by atoms with van der Waals surface area (Å²) in [5, 5.41) is 5.87. The fourth-order valence-electron chi connectivity index (χ4n) is 2.48. The summed E-state index contributed by atoms with van der Waals surface area (Å²) in [6.45, 7) is -0.511. The lowest BCUT2D eigenvalue weighted by molar-refractivity contribution is -0.117. The molecule has 10 heteroatoms. The quantitative estimate of drug-likeness (QED) is 0.656. The van der Waals surface area contributed by atoms with Gasteiger partial charge in [0.25, 0.3) is 5.56 Å². The molecule has 0 aliphatic carbocycles. The number of carbonyl (C=O) groups is 1. The highest BCUT2D eigenvalue weighted by atomic mass is 32.2. The van der Waals surface area contributed by atoms with E-state index in [4.69, 9.17) is 4.74 Å². The average molecular weight is 417 g/mol. The van der Waals surface area contributed by atoms with E-state index < -0.39 is 38.7 Å². The minimum Gasteiger partial charge on any atom is -0.497 e. The molecule has 3 aromatic rings. The van der Waals surface area contributed by atoms with Crippen LogP contribution in [0.2, 0.25) is 0 Å². The Morgan fingerprint density at radius 3 is 2.62 bits per heavy atom. The Bertz CT molecular complexity index is 1220. The molecule has 1 aromatic heterocycles. The zero-order valence-electron chi connectivity index (χ0n) is 15.2. The number of anilines is 1. The molecular weight excluding hydrogens is 401 g/mol. The Kier molecular flexibility index (Phi) is 5.74. The van der Waals surface area contributed by atoms with Gasteiger partial charge in [-0.2, -0.15) is 5.10 Å². The zero-order chi connectivity index (χ0) is 21.0. The number of aromatic nitrogens is 2. The van der Waals surface area contributed by atoms with Gasteiger partial charge in [-0.3, -0.25) is 9.59 Å². The number of benzene rings is 2. The number of carbonyl (C=O) groups excluding carboxylic acids is 1. The van der Waals surface area contributed by atoms with Gasteiger partial charge in [-0.1, -0.05) is 12.1 Å². The maximum absolute atomic E-state index is 13.4. The van der Waals surface area contributed by atoms with Crippen LogP contribution in [-0.4, -0.2) is 31.2 Å². The predicted octanol–water partition coefficient (Wildman–Crippen LogP) is 1.86.